The smallest absolute Gasteiger partial charge is 0.322 e. The maximum atomic E-state index is 12.9. The largest absolute Gasteiger partial charge is 0.391 e. The van der Waals surface area contributed by atoms with E-state index in [4.69, 9.17) is 16.3 Å². The molecule has 4 N–H and O–H groups in total. The first-order chi connectivity index (χ1) is 17.4. The number of ether oxygens (including phenoxy) is 1. The first-order valence-corrected chi connectivity index (χ1v) is 12.2. The van der Waals surface area contributed by atoms with Crippen LogP contribution in [-0.4, -0.2) is 90.7 Å². The second-order valence-corrected chi connectivity index (χ2v) is 9.28. The van der Waals surface area contributed by atoms with Gasteiger partial charge in [0.15, 0.2) is 5.78 Å². The van der Waals surface area contributed by atoms with Crippen molar-refractivity contribution in [1.82, 2.24) is 9.80 Å². The van der Waals surface area contributed by atoms with Crippen LogP contribution in [0.1, 0.15) is 6.42 Å². The third-order valence-corrected chi connectivity index (χ3v) is 6.34. The molecular weight excluding hydrogens is 486 g/mol. The summed E-state index contributed by atoms with van der Waals surface area (Å²) in [4.78, 5) is 41.3. The van der Waals surface area contributed by atoms with E-state index < -0.39 is 18.2 Å². The first kappa shape index (κ1) is 25.9. The van der Waals surface area contributed by atoms with Crippen molar-refractivity contribution in [3.63, 3.8) is 0 Å². The minimum absolute atomic E-state index is 0.0544. The van der Waals surface area contributed by atoms with Crippen LogP contribution in [0, 0.1) is 0 Å². The molecule has 0 aliphatic carbocycles. The lowest BCUT2D eigenvalue weighted by atomic mass is 10.1. The van der Waals surface area contributed by atoms with Crippen LogP contribution in [0.25, 0.3) is 0 Å². The molecule has 0 saturated carbocycles. The van der Waals surface area contributed by atoms with Gasteiger partial charge >= 0.3 is 6.03 Å². The molecule has 2 heterocycles. The van der Waals surface area contributed by atoms with E-state index in [2.05, 4.69) is 20.9 Å². The molecule has 0 aromatic heterocycles. The number of morpholine rings is 1. The van der Waals surface area contributed by atoms with Gasteiger partial charge in [0, 0.05) is 48.1 Å². The highest BCUT2D eigenvalue weighted by atomic mass is 35.5. The molecule has 0 spiro atoms. The van der Waals surface area contributed by atoms with Crippen molar-refractivity contribution in [3.8, 4) is 0 Å². The Labute approximate surface area is 214 Å². The molecule has 11 heteroatoms. The molecule has 10 nitrogen and oxygen atoms in total. The number of amides is 3. The summed E-state index contributed by atoms with van der Waals surface area (Å²) in [6, 6.07) is 12.3. The van der Waals surface area contributed by atoms with Gasteiger partial charge < -0.3 is 30.7 Å². The Balaban J connectivity index is 1.27. The van der Waals surface area contributed by atoms with Crippen LogP contribution < -0.4 is 16.0 Å². The number of urea groups is 1. The van der Waals surface area contributed by atoms with Crippen LogP contribution in [0.3, 0.4) is 0 Å². The van der Waals surface area contributed by atoms with Crippen LogP contribution in [0.4, 0.5) is 21.9 Å². The number of Topliss-reactive ketones (excluding diaryl/α,β-unsaturated/α-hetero) is 1. The molecule has 2 aromatic rings. The number of likely N-dealkylation sites (tertiary alicyclic amines) is 1. The van der Waals surface area contributed by atoms with Gasteiger partial charge in [0.25, 0.3) is 0 Å². The van der Waals surface area contributed by atoms with E-state index in [0.717, 1.165) is 18.8 Å². The predicted octanol–water partition coefficient (Wildman–Crippen LogP) is 2.26. The van der Waals surface area contributed by atoms with Crippen LogP contribution in [0.5, 0.6) is 0 Å². The number of β-amino-alcohol motifs (C(OH)–C–C–N with tert-alkyl or cyclic N) is 1. The summed E-state index contributed by atoms with van der Waals surface area (Å²) in [6.07, 6.45) is -0.650. The molecule has 0 bridgehead atoms. The standard InChI is InChI=1S/C25H30ClN5O5/c26-17-1-3-20(4-2-17)29-25(35)31-16-21(32)13-23(31)24(34)28-19-7-5-18(6-8-19)27-14-22(33)15-30-9-11-36-12-10-30/h1-8,21,23,27,32H,9-16H2,(H,28,34)(H,29,35)/t21-,23-/m1/s1. The SMILES string of the molecule is O=C(CNc1ccc(NC(=O)[C@H]2C[C@@H](O)CN2C(=O)Nc2ccc(Cl)cc2)cc1)CN1CCOCC1. The summed E-state index contributed by atoms with van der Waals surface area (Å²) in [5.74, 6) is -0.301. The number of halogens is 1. The van der Waals surface area contributed by atoms with Gasteiger partial charge in [-0.05, 0) is 48.5 Å². The van der Waals surface area contributed by atoms with Gasteiger partial charge in [-0.1, -0.05) is 11.6 Å². The van der Waals surface area contributed by atoms with Crippen molar-refractivity contribution in [3.05, 3.63) is 53.6 Å². The minimum Gasteiger partial charge on any atom is -0.391 e. The average Bonchev–Trinajstić information content (AvgIpc) is 3.28. The number of aliphatic hydroxyl groups is 1. The highest BCUT2D eigenvalue weighted by Crippen LogP contribution is 2.22. The monoisotopic (exact) mass is 515 g/mol. The third kappa shape index (κ3) is 7.17. The van der Waals surface area contributed by atoms with Gasteiger partial charge in [-0.3, -0.25) is 14.5 Å². The van der Waals surface area contributed by atoms with Gasteiger partial charge in [-0.15, -0.1) is 0 Å². The predicted molar refractivity (Wildman–Crippen MR) is 137 cm³/mol. The molecule has 2 aliphatic heterocycles. The van der Waals surface area contributed by atoms with E-state index in [1.165, 1.54) is 4.90 Å². The molecule has 2 aromatic carbocycles. The lowest BCUT2D eigenvalue weighted by molar-refractivity contribution is -0.120. The van der Waals surface area contributed by atoms with Crippen LogP contribution in [-0.2, 0) is 14.3 Å². The van der Waals surface area contributed by atoms with Crippen LogP contribution >= 0.6 is 11.6 Å². The lowest BCUT2D eigenvalue weighted by Crippen LogP contribution is -2.45. The maximum Gasteiger partial charge on any atom is 0.322 e. The van der Waals surface area contributed by atoms with E-state index >= 15 is 0 Å². The van der Waals surface area contributed by atoms with Crippen LogP contribution in [0.15, 0.2) is 48.5 Å². The number of nitrogens with one attached hydrogen (secondary N) is 3. The summed E-state index contributed by atoms with van der Waals surface area (Å²) in [7, 11) is 0. The van der Waals surface area contributed by atoms with Crippen molar-refractivity contribution < 1.29 is 24.2 Å². The Hall–Kier alpha value is -3.18. The third-order valence-electron chi connectivity index (χ3n) is 6.08. The Morgan fingerprint density at radius 2 is 1.56 bits per heavy atom. The van der Waals surface area contributed by atoms with Gasteiger partial charge in [0.1, 0.15) is 6.04 Å². The number of carbonyl (C=O) groups is 3. The Kier molecular flexibility index (Phi) is 8.76. The van der Waals surface area contributed by atoms with Crippen LogP contribution in [0.2, 0.25) is 5.02 Å². The Morgan fingerprint density at radius 1 is 0.944 bits per heavy atom. The van der Waals surface area contributed by atoms with Crippen molar-refractivity contribution in [2.75, 3.05) is 61.9 Å². The van der Waals surface area contributed by atoms with Gasteiger partial charge in [0.05, 0.1) is 32.4 Å². The lowest BCUT2D eigenvalue weighted by Gasteiger charge is -2.25. The zero-order valence-corrected chi connectivity index (χ0v) is 20.5. The number of benzene rings is 2. The second-order valence-electron chi connectivity index (χ2n) is 8.84. The summed E-state index contributed by atoms with van der Waals surface area (Å²) < 4.78 is 5.29. The van der Waals surface area contributed by atoms with E-state index in [1.807, 2.05) is 0 Å². The number of rotatable bonds is 8. The fourth-order valence-corrected chi connectivity index (χ4v) is 4.30. The second kappa shape index (κ2) is 12.2. The maximum absolute atomic E-state index is 12.9. The number of hydrogen-bond donors (Lipinski definition) is 4. The molecule has 0 unspecified atom stereocenters. The minimum atomic E-state index is -0.817. The summed E-state index contributed by atoms with van der Waals surface area (Å²) in [5.41, 5.74) is 1.84. The summed E-state index contributed by atoms with van der Waals surface area (Å²) in [6.45, 7) is 3.48. The zero-order valence-electron chi connectivity index (χ0n) is 19.8. The van der Waals surface area contributed by atoms with E-state index in [9.17, 15) is 19.5 Å². The Morgan fingerprint density at radius 3 is 2.25 bits per heavy atom. The fourth-order valence-electron chi connectivity index (χ4n) is 4.18. The average molecular weight is 516 g/mol. The zero-order chi connectivity index (χ0) is 25.5. The molecular formula is C25H30ClN5O5. The number of hydrogen-bond acceptors (Lipinski definition) is 7. The molecule has 2 fully saturated rings. The Bertz CT molecular complexity index is 1060. The molecule has 192 valence electrons. The quantitative estimate of drug-likeness (QED) is 0.425. The first-order valence-electron chi connectivity index (χ1n) is 11.9. The highest BCUT2D eigenvalue weighted by molar-refractivity contribution is 6.30. The number of ketones is 1. The molecule has 2 aliphatic rings. The molecule has 36 heavy (non-hydrogen) atoms. The van der Waals surface area contributed by atoms with Crippen molar-refractivity contribution >= 4 is 46.4 Å². The van der Waals surface area contributed by atoms with E-state index in [-0.39, 0.29) is 31.2 Å². The van der Waals surface area contributed by atoms with E-state index in [1.54, 1.807) is 48.5 Å². The summed E-state index contributed by atoms with van der Waals surface area (Å²) in [5, 5.41) is 19.3. The normalized spacial score (nSPS) is 20.1. The van der Waals surface area contributed by atoms with Gasteiger partial charge in [0.2, 0.25) is 5.91 Å². The van der Waals surface area contributed by atoms with Crippen molar-refractivity contribution in [2.24, 2.45) is 0 Å². The molecule has 0 radical (unpaired) electrons. The molecule has 2 saturated heterocycles. The van der Waals surface area contributed by atoms with Crippen molar-refractivity contribution in [2.45, 2.75) is 18.6 Å². The number of aliphatic hydroxyl groups excluding tert-OH is 1. The topological polar surface area (TPSA) is 123 Å². The molecule has 4 rings (SSSR count). The fraction of sp³-hybridized carbons (Fsp3) is 0.400. The van der Waals surface area contributed by atoms with Gasteiger partial charge in [-0.25, -0.2) is 4.79 Å². The highest BCUT2D eigenvalue weighted by Gasteiger charge is 2.39. The number of anilines is 3. The van der Waals surface area contributed by atoms with Crippen molar-refractivity contribution in [1.29, 1.82) is 0 Å². The van der Waals surface area contributed by atoms with E-state index in [0.29, 0.717) is 36.2 Å². The van der Waals surface area contributed by atoms with Gasteiger partial charge in [-0.2, -0.15) is 0 Å². The number of nitrogens with zero attached hydrogens (tertiary/aromatic N) is 2. The molecule has 2 atom stereocenters. The summed E-state index contributed by atoms with van der Waals surface area (Å²) >= 11 is 5.88. The number of carbonyl (C=O) groups excluding carboxylic acids is 3. The molecule has 3 amide bonds.